The van der Waals surface area contributed by atoms with Gasteiger partial charge in [0.1, 0.15) is 6.33 Å². The zero-order valence-corrected chi connectivity index (χ0v) is 14.5. The van der Waals surface area contributed by atoms with Crippen LogP contribution in [-0.4, -0.2) is 30.2 Å². The highest BCUT2D eigenvalue weighted by molar-refractivity contribution is 5.93. The number of imidazole rings is 1. The molecule has 1 atom stereocenters. The molecule has 0 radical (unpaired) electrons. The van der Waals surface area contributed by atoms with E-state index in [1.807, 2.05) is 49.3 Å². The Kier molecular flexibility index (Phi) is 3.63. The molecule has 1 aliphatic rings. The van der Waals surface area contributed by atoms with Crippen molar-refractivity contribution in [1.82, 2.24) is 24.3 Å². The minimum Gasteiger partial charge on any atom is -0.326 e. The number of rotatable bonds is 3. The Morgan fingerprint density at radius 1 is 1.36 bits per heavy atom. The summed E-state index contributed by atoms with van der Waals surface area (Å²) >= 11 is 0. The van der Waals surface area contributed by atoms with E-state index in [-0.39, 0.29) is 17.9 Å². The van der Waals surface area contributed by atoms with Gasteiger partial charge in [0.25, 0.3) is 0 Å². The highest BCUT2D eigenvalue weighted by Crippen LogP contribution is 2.37. The molecule has 0 saturated carbocycles. The van der Waals surface area contributed by atoms with Gasteiger partial charge in [-0.15, -0.1) is 0 Å². The van der Waals surface area contributed by atoms with E-state index in [1.165, 1.54) is 0 Å². The van der Waals surface area contributed by atoms with Crippen LogP contribution in [0.2, 0.25) is 0 Å². The summed E-state index contributed by atoms with van der Waals surface area (Å²) in [4.78, 5) is 20.8. The molecule has 1 N–H and O–H groups in total. The third-order valence-electron chi connectivity index (χ3n) is 4.55. The normalized spacial score (nSPS) is 15.3. The molecule has 0 spiro atoms. The lowest BCUT2D eigenvalue weighted by molar-refractivity contribution is -0.118. The van der Waals surface area contributed by atoms with Crippen molar-refractivity contribution in [2.45, 2.75) is 33.2 Å². The standard InChI is InChI=1S/C18H20N6O/c1-4-14-16-8-19-10-23(16)15-6-5-12(22-18(25)11(2)3)7-13(15)17-20-9-21-24(14)17/h5-11,14H,4H2,1-3H3,(H,22,25). The molecule has 2 aromatic heterocycles. The maximum absolute atomic E-state index is 12.0. The number of anilines is 1. The summed E-state index contributed by atoms with van der Waals surface area (Å²) in [7, 11) is 0. The molecule has 0 aliphatic carbocycles. The van der Waals surface area contributed by atoms with E-state index in [4.69, 9.17) is 0 Å². The number of benzene rings is 1. The third kappa shape index (κ3) is 2.43. The number of nitrogens with one attached hydrogen (secondary N) is 1. The van der Waals surface area contributed by atoms with E-state index < -0.39 is 0 Å². The number of nitrogens with zero attached hydrogens (tertiary/aromatic N) is 5. The van der Waals surface area contributed by atoms with Crippen molar-refractivity contribution in [1.29, 1.82) is 0 Å². The fourth-order valence-electron chi connectivity index (χ4n) is 3.22. The minimum atomic E-state index is -0.0767. The van der Waals surface area contributed by atoms with E-state index in [9.17, 15) is 4.79 Å². The minimum absolute atomic E-state index is 0.00945. The number of aromatic nitrogens is 5. The molecule has 1 aliphatic heterocycles. The summed E-state index contributed by atoms with van der Waals surface area (Å²) < 4.78 is 4.02. The molecule has 3 heterocycles. The van der Waals surface area contributed by atoms with Crippen molar-refractivity contribution >= 4 is 11.6 Å². The summed E-state index contributed by atoms with van der Waals surface area (Å²) in [6.07, 6.45) is 6.15. The number of fused-ring (bicyclic) bond motifs is 5. The van der Waals surface area contributed by atoms with Crippen LogP contribution in [0.4, 0.5) is 5.69 Å². The van der Waals surface area contributed by atoms with Gasteiger partial charge >= 0.3 is 0 Å². The Hall–Kier alpha value is -2.96. The number of carbonyl (C=O) groups is 1. The molecule has 3 aromatic rings. The molecular weight excluding hydrogens is 316 g/mol. The van der Waals surface area contributed by atoms with Crippen molar-refractivity contribution in [2.24, 2.45) is 5.92 Å². The van der Waals surface area contributed by atoms with Crippen molar-refractivity contribution in [3.8, 4) is 17.1 Å². The highest BCUT2D eigenvalue weighted by Gasteiger charge is 2.27. The third-order valence-corrected chi connectivity index (χ3v) is 4.55. The van der Waals surface area contributed by atoms with Crippen LogP contribution in [0, 0.1) is 5.92 Å². The van der Waals surface area contributed by atoms with Crippen molar-refractivity contribution < 1.29 is 4.79 Å². The van der Waals surface area contributed by atoms with Gasteiger partial charge in [0.15, 0.2) is 5.82 Å². The zero-order valence-electron chi connectivity index (χ0n) is 14.5. The first-order chi connectivity index (χ1) is 12.1. The fraction of sp³-hybridized carbons (Fsp3) is 0.333. The Balaban J connectivity index is 1.90. The van der Waals surface area contributed by atoms with Crippen LogP contribution in [0.1, 0.15) is 38.9 Å². The molecule has 25 heavy (non-hydrogen) atoms. The van der Waals surface area contributed by atoms with Gasteiger partial charge in [-0.1, -0.05) is 20.8 Å². The highest BCUT2D eigenvalue weighted by atomic mass is 16.1. The van der Waals surface area contributed by atoms with E-state index in [1.54, 1.807) is 6.33 Å². The largest absolute Gasteiger partial charge is 0.326 e. The van der Waals surface area contributed by atoms with Crippen LogP contribution in [-0.2, 0) is 4.79 Å². The van der Waals surface area contributed by atoms with Gasteiger partial charge in [0.2, 0.25) is 5.91 Å². The van der Waals surface area contributed by atoms with Gasteiger partial charge in [-0.2, -0.15) is 5.10 Å². The first-order valence-electron chi connectivity index (χ1n) is 8.47. The molecule has 128 valence electrons. The van der Waals surface area contributed by atoms with Crippen LogP contribution in [0.5, 0.6) is 0 Å². The van der Waals surface area contributed by atoms with E-state index in [2.05, 4.69) is 31.9 Å². The predicted octanol–water partition coefficient (Wildman–Crippen LogP) is 3.04. The quantitative estimate of drug-likeness (QED) is 0.797. The lowest BCUT2D eigenvalue weighted by Gasteiger charge is -2.15. The second-order valence-corrected chi connectivity index (χ2v) is 6.52. The lowest BCUT2D eigenvalue weighted by atomic mass is 10.1. The van der Waals surface area contributed by atoms with Gasteiger partial charge < -0.3 is 9.88 Å². The lowest BCUT2D eigenvalue weighted by Crippen LogP contribution is -2.17. The van der Waals surface area contributed by atoms with Gasteiger partial charge in [-0.25, -0.2) is 14.6 Å². The average molecular weight is 336 g/mol. The Morgan fingerprint density at radius 3 is 2.96 bits per heavy atom. The number of carbonyl (C=O) groups excluding carboxylic acids is 1. The molecule has 4 rings (SSSR count). The maximum Gasteiger partial charge on any atom is 0.226 e. The molecule has 1 amide bonds. The molecule has 1 unspecified atom stereocenters. The van der Waals surface area contributed by atoms with Gasteiger partial charge in [-0.3, -0.25) is 4.79 Å². The Morgan fingerprint density at radius 2 is 2.20 bits per heavy atom. The van der Waals surface area contributed by atoms with E-state index >= 15 is 0 Å². The Labute approximate surface area is 145 Å². The summed E-state index contributed by atoms with van der Waals surface area (Å²) in [5.41, 5.74) is 3.74. The first-order valence-corrected chi connectivity index (χ1v) is 8.47. The van der Waals surface area contributed by atoms with Crippen molar-refractivity contribution in [2.75, 3.05) is 5.32 Å². The summed E-state index contributed by atoms with van der Waals surface area (Å²) in [6, 6.07) is 5.93. The number of hydrogen-bond acceptors (Lipinski definition) is 4. The van der Waals surface area contributed by atoms with Crippen molar-refractivity contribution in [3.05, 3.63) is 42.7 Å². The van der Waals surface area contributed by atoms with Crippen LogP contribution in [0.25, 0.3) is 17.1 Å². The zero-order chi connectivity index (χ0) is 17.6. The second kappa shape index (κ2) is 5.84. The number of amides is 1. The molecule has 0 bridgehead atoms. The van der Waals surface area contributed by atoms with Gasteiger partial charge in [0, 0.05) is 17.2 Å². The molecule has 1 aromatic carbocycles. The maximum atomic E-state index is 12.0. The van der Waals surface area contributed by atoms with Crippen LogP contribution in [0.3, 0.4) is 0 Å². The number of hydrogen-bond donors (Lipinski definition) is 1. The van der Waals surface area contributed by atoms with E-state index in [0.29, 0.717) is 0 Å². The topological polar surface area (TPSA) is 77.6 Å². The second-order valence-electron chi connectivity index (χ2n) is 6.52. The fourth-order valence-corrected chi connectivity index (χ4v) is 3.22. The first kappa shape index (κ1) is 15.6. The van der Waals surface area contributed by atoms with Gasteiger partial charge in [0.05, 0.1) is 29.9 Å². The van der Waals surface area contributed by atoms with Crippen molar-refractivity contribution in [3.63, 3.8) is 0 Å². The SMILES string of the molecule is CCC1c2cncn2-c2ccc(NC(=O)C(C)C)cc2-c2ncnn21. The molecule has 0 saturated heterocycles. The average Bonchev–Trinajstić information content (AvgIpc) is 3.24. The van der Waals surface area contributed by atoms with Crippen LogP contribution >= 0.6 is 0 Å². The molecule has 0 fully saturated rings. The molecule has 7 heteroatoms. The van der Waals surface area contributed by atoms with Gasteiger partial charge in [-0.05, 0) is 24.6 Å². The molecule has 7 nitrogen and oxygen atoms in total. The summed E-state index contributed by atoms with van der Waals surface area (Å²) in [5.74, 6) is 0.711. The predicted molar refractivity (Wildman–Crippen MR) is 94.5 cm³/mol. The van der Waals surface area contributed by atoms with Crippen LogP contribution < -0.4 is 5.32 Å². The summed E-state index contributed by atoms with van der Waals surface area (Å²) in [5, 5.41) is 7.40. The van der Waals surface area contributed by atoms with Crippen LogP contribution in [0.15, 0.2) is 37.1 Å². The smallest absolute Gasteiger partial charge is 0.226 e. The van der Waals surface area contributed by atoms with E-state index in [0.717, 1.165) is 34.9 Å². The Bertz CT molecular complexity index is 939. The summed E-state index contributed by atoms with van der Waals surface area (Å²) in [6.45, 7) is 5.87. The monoisotopic (exact) mass is 336 g/mol. The molecular formula is C18H20N6O.